The van der Waals surface area contributed by atoms with Gasteiger partial charge in [0.1, 0.15) is 5.78 Å². The first kappa shape index (κ1) is 14.9. The SMILES string of the molecule is CCCC1CCC(=O)C(Cc2ccc(Cl)cc2Cl)C1. The summed E-state index contributed by atoms with van der Waals surface area (Å²) in [6.07, 6.45) is 6.02. The Morgan fingerprint density at radius 3 is 2.79 bits per heavy atom. The summed E-state index contributed by atoms with van der Waals surface area (Å²) in [5.74, 6) is 1.25. The van der Waals surface area contributed by atoms with Crippen LogP contribution in [0.25, 0.3) is 0 Å². The number of carbonyl (C=O) groups excluding carboxylic acids is 1. The molecule has 0 aromatic heterocycles. The molecule has 1 aliphatic rings. The van der Waals surface area contributed by atoms with Crippen LogP contribution in [0.3, 0.4) is 0 Å². The smallest absolute Gasteiger partial charge is 0.136 e. The zero-order valence-corrected chi connectivity index (χ0v) is 12.8. The Labute approximate surface area is 125 Å². The van der Waals surface area contributed by atoms with E-state index < -0.39 is 0 Å². The molecule has 1 fully saturated rings. The Morgan fingerprint density at radius 1 is 1.32 bits per heavy atom. The van der Waals surface area contributed by atoms with E-state index in [1.54, 1.807) is 6.07 Å². The number of halogens is 2. The molecule has 19 heavy (non-hydrogen) atoms. The van der Waals surface area contributed by atoms with Gasteiger partial charge in [0, 0.05) is 22.4 Å². The fourth-order valence-corrected chi connectivity index (χ4v) is 3.51. The first-order valence-corrected chi connectivity index (χ1v) is 7.82. The van der Waals surface area contributed by atoms with E-state index in [0.717, 1.165) is 31.2 Å². The van der Waals surface area contributed by atoms with Crippen molar-refractivity contribution in [3.8, 4) is 0 Å². The Morgan fingerprint density at radius 2 is 2.11 bits per heavy atom. The van der Waals surface area contributed by atoms with Crippen molar-refractivity contribution in [1.29, 1.82) is 0 Å². The van der Waals surface area contributed by atoms with Gasteiger partial charge in [-0.15, -0.1) is 0 Å². The molecule has 0 saturated heterocycles. The molecule has 1 nitrogen and oxygen atoms in total. The van der Waals surface area contributed by atoms with E-state index in [2.05, 4.69) is 6.92 Å². The average Bonchev–Trinajstić information content (AvgIpc) is 2.37. The van der Waals surface area contributed by atoms with E-state index in [1.807, 2.05) is 12.1 Å². The maximum atomic E-state index is 12.1. The van der Waals surface area contributed by atoms with E-state index in [4.69, 9.17) is 23.2 Å². The van der Waals surface area contributed by atoms with Gasteiger partial charge in [-0.2, -0.15) is 0 Å². The zero-order chi connectivity index (χ0) is 13.8. The molecule has 104 valence electrons. The number of rotatable bonds is 4. The third kappa shape index (κ3) is 3.97. The van der Waals surface area contributed by atoms with Crippen molar-refractivity contribution in [3.05, 3.63) is 33.8 Å². The molecule has 1 aromatic rings. The van der Waals surface area contributed by atoms with Crippen LogP contribution in [0, 0.1) is 11.8 Å². The fraction of sp³-hybridized carbons (Fsp3) is 0.562. The normalized spacial score (nSPS) is 23.6. The molecule has 0 aliphatic heterocycles. The van der Waals surface area contributed by atoms with Crippen LogP contribution in [0.1, 0.15) is 44.6 Å². The minimum Gasteiger partial charge on any atom is -0.299 e. The minimum atomic E-state index is 0.143. The number of carbonyl (C=O) groups is 1. The fourth-order valence-electron chi connectivity index (χ4n) is 3.02. The summed E-state index contributed by atoms with van der Waals surface area (Å²) in [6, 6.07) is 5.55. The third-order valence-electron chi connectivity index (χ3n) is 4.05. The number of hydrogen-bond donors (Lipinski definition) is 0. The van der Waals surface area contributed by atoms with Gasteiger partial charge in [0.15, 0.2) is 0 Å². The first-order chi connectivity index (χ1) is 9.10. The van der Waals surface area contributed by atoms with Crippen LogP contribution in [0.15, 0.2) is 18.2 Å². The average molecular weight is 299 g/mol. The lowest BCUT2D eigenvalue weighted by Gasteiger charge is -2.28. The van der Waals surface area contributed by atoms with E-state index in [-0.39, 0.29) is 5.92 Å². The molecule has 2 unspecified atom stereocenters. The molecule has 1 aliphatic carbocycles. The predicted molar refractivity (Wildman–Crippen MR) is 80.9 cm³/mol. The van der Waals surface area contributed by atoms with Crippen molar-refractivity contribution in [2.75, 3.05) is 0 Å². The number of ketones is 1. The zero-order valence-electron chi connectivity index (χ0n) is 11.3. The van der Waals surface area contributed by atoms with E-state index in [9.17, 15) is 4.79 Å². The second kappa shape index (κ2) is 6.76. The lowest BCUT2D eigenvalue weighted by molar-refractivity contribution is -0.125. The van der Waals surface area contributed by atoms with Crippen LogP contribution in [-0.2, 0) is 11.2 Å². The molecule has 0 spiro atoms. The lowest BCUT2D eigenvalue weighted by Crippen LogP contribution is -2.26. The second-order valence-electron chi connectivity index (χ2n) is 5.53. The van der Waals surface area contributed by atoms with Gasteiger partial charge in [0.2, 0.25) is 0 Å². The molecule has 0 heterocycles. The third-order valence-corrected chi connectivity index (χ3v) is 4.64. The first-order valence-electron chi connectivity index (χ1n) is 7.06. The highest BCUT2D eigenvalue weighted by atomic mass is 35.5. The molecule has 1 aromatic carbocycles. The summed E-state index contributed by atoms with van der Waals surface area (Å²) < 4.78 is 0. The summed E-state index contributed by atoms with van der Waals surface area (Å²) in [5, 5.41) is 1.32. The van der Waals surface area contributed by atoms with Gasteiger partial charge in [0.05, 0.1) is 0 Å². The summed E-state index contributed by atoms with van der Waals surface area (Å²) in [7, 11) is 0. The Hall–Kier alpha value is -0.530. The van der Waals surface area contributed by atoms with Gasteiger partial charge < -0.3 is 0 Å². The highest BCUT2D eigenvalue weighted by molar-refractivity contribution is 6.35. The summed E-state index contributed by atoms with van der Waals surface area (Å²) >= 11 is 12.1. The standard InChI is InChI=1S/C16H20Cl2O/c1-2-3-11-4-7-16(19)13(8-11)9-12-5-6-14(17)10-15(12)18/h5-6,10-11,13H,2-4,7-9H2,1H3. The van der Waals surface area contributed by atoms with Gasteiger partial charge in [0.25, 0.3) is 0 Å². The van der Waals surface area contributed by atoms with E-state index in [1.165, 1.54) is 12.8 Å². The van der Waals surface area contributed by atoms with Crippen molar-refractivity contribution < 1.29 is 4.79 Å². The molecule has 3 heteroatoms. The van der Waals surface area contributed by atoms with E-state index >= 15 is 0 Å². The van der Waals surface area contributed by atoms with Crippen molar-refractivity contribution >= 4 is 29.0 Å². The summed E-state index contributed by atoms with van der Waals surface area (Å²) in [5.41, 5.74) is 1.04. The molecule has 2 atom stereocenters. The summed E-state index contributed by atoms with van der Waals surface area (Å²) in [6.45, 7) is 2.21. The number of Topliss-reactive ketones (excluding diaryl/α,β-unsaturated/α-hetero) is 1. The van der Waals surface area contributed by atoms with Gasteiger partial charge in [-0.05, 0) is 42.9 Å². The highest BCUT2D eigenvalue weighted by Gasteiger charge is 2.28. The number of benzene rings is 1. The topological polar surface area (TPSA) is 17.1 Å². The van der Waals surface area contributed by atoms with Crippen molar-refractivity contribution in [2.24, 2.45) is 11.8 Å². The van der Waals surface area contributed by atoms with E-state index in [0.29, 0.717) is 21.7 Å². The lowest BCUT2D eigenvalue weighted by atomic mass is 9.76. The number of hydrogen-bond acceptors (Lipinski definition) is 1. The van der Waals surface area contributed by atoms with Crippen LogP contribution in [0.4, 0.5) is 0 Å². The molecule has 0 N–H and O–H groups in total. The maximum absolute atomic E-state index is 12.1. The monoisotopic (exact) mass is 298 g/mol. The molecular weight excluding hydrogens is 279 g/mol. The van der Waals surface area contributed by atoms with Crippen molar-refractivity contribution in [1.82, 2.24) is 0 Å². The Balaban J connectivity index is 2.05. The molecule has 0 bridgehead atoms. The molecule has 2 rings (SSSR count). The predicted octanol–water partition coefficient (Wildman–Crippen LogP) is 5.32. The van der Waals surface area contributed by atoms with Crippen LogP contribution < -0.4 is 0 Å². The Kier molecular flexibility index (Phi) is 5.29. The van der Waals surface area contributed by atoms with Crippen molar-refractivity contribution in [3.63, 3.8) is 0 Å². The van der Waals surface area contributed by atoms with Gasteiger partial charge in [-0.3, -0.25) is 4.79 Å². The molecule has 1 saturated carbocycles. The largest absolute Gasteiger partial charge is 0.299 e. The second-order valence-corrected chi connectivity index (χ2v) is 6.38. The molecule has 0 amide bonds. The van der Waals surface area contributed by atoms with Crippen LogP contribution in [-0.4, -0.2) is 5.78 Å². The molecule has 0 radical (unpaired) electrons. The minimum absolute atomic E-state index is 0.143. The van der Waals surface area contributed by atoms with Crippen LogP contribution in [0.2, 0.25) is 10.0 Å². The Bertz CT molecular complexity index is 456. The maximum Gasteiger partial charge on any atom is 0.136 e. The van der Waals surface area contributed by atoms with Crippen LogP contribution >= 0.6 is 23.2 Å². The highest BCUT2D eigenvalue weighted by Crippen LogP contribution is 2.33. The molecular formula is C16H20Cl2O. The van der Waals surface area contributed by atoms with Crippen LogP contribution in [0.5, 0.6) is 0 Å². The quantitative estimate of drug-likeness (QED) is 0.735. The van der Waals surface area contributed by atoms with Gasteiger partial charge in [-0.1, -0.05) is 49.0 Å². The van der Waals surface area contributed by atoms with Gasteiger partial charge >= 0.3 is 0 Å². The van der Waals surface area contributed by atoms with Crippen molar-refractivity contribution in [2.45, 2.75) is 45.4 Å². The summed E-state index contributed by atoms with van der Waals surface area (Å²) in [4.78, 5) is 12.1. The van der Waals surface area contributed by atoms with Gasteiger partial charge in [-0.25, -0.2) is 0 Å².